The molecule has 2 unspecified atom stereocenters. The number of hydrogen-bond donors (Lipinski definition) is 1. The lowest BCUT2D eigenvalue weighted by Crippen LogP contribution is -2.53. The first-order chi connectivity index (χ1) is 13.2. The van der Waals surface area contributed by atoms with Crippen molar-refractivity contribution in [2.45, 2.75) is 45.1 Å². The molecule has 0 spiro atoms. The summed E-state index contributed by atoms with van der Waals surface area (Å²) in [6.45, 7) is 7.94. The van der Waals surface area contributed by atoms with Crippen LogP contribution in [0.1, 0.15) is 30.9 Å². The lowest BCUT2D eigenvalue weighted by Gasteiger charge is -2.37. The molecule has 2 atom stereocenters. The summed E-state index contributed by atoms with van der Waals surface area (Å²) in [5.74, 6) is 0.973. The Balaban J connectivity index is 0.00000280. The molecule has 158 valence electrons. The van der Waals surface area contributed by atoms with E-state index in [-0.39, 0.29) is 36.2 Å². The predicted molar refractivity (Wildman–Crippen MR) is 124 cm³/mol. The van der Waals surface area contributed by atoms with Gasteiger partial charge < -0.3 is 24.6 Å². The minimum atomic E-state index is 0. The van der Waals surface area contributed by atoms with E-state index in [0.717, 1.165) is 58.2 Å². The van der Waals surface area contributed by atoms with E-state index in [1.54, 1.807) is 0 Å². The van der Waals surface area contributed by atoms with Crippen LogP contribution in [0.4, 0.5) is 0 Å². The monoisotopic (exact) mass is 502 g/mol. The fourth-order valence-corrected chi connectivity index (χ4v) is 3.70. The van der Waals surface area contributed by atoms with Gasteiger partial charge in [0.2, 0.25) is 0 Å². The fourth-order valence-electron chi connectivity index (χ4n) is 3.70. The Labute approximate surface area is 186 Å². The van der Waals surface area contributed by atoms with Crippen molar-refractivity contribution < 1.29 is 9.47 Å². The number of hydrogen-bond acceptors (Lipinski definition) is 4. The van der Waals surface area contributed by atoms with Crippen molar-refractivity contribution in [2.24, 2.45) is 4.99 Å². The van der Waals surface area contributed by atoms with Crippen molar-refractivity contribution in [2.75, 3.05) is 46.9 Å². The van der Waals surface area contributed by atoms with Gasteiger partial charge in [-0.05, 0) is 45.0 Å². The standard InChI is InChI=1S/C21H34N4O2.HI/c1-4-22-21(23-14-17-7-9-18(10-8-17)15-24(2)3)25-11-13-27-20(16-25)19-6-5-12-26-19;/h7-10,19-20H,4-6,11-16H2,1-3H3,(H,22,23);1H. The molecule has 0 amide bonds. The quantitative estimate of drug-likeness (QED) is 0.369. The number of guanidine groups is 1. The van der Waals surface area contributed by atoms with Gasteiger partial charge in [-0.3, -0.25) is 0 Å². The van der Waals surface area contributed by atoms with Crippen molar-refractivity contribution >= 4 is 29.9 Å². The van der Waals surface area contributed by atoms with Crippen LogP contribution in [-0.2, 0) is 22.6 Å². The van der Waals surface area contributed by atoms with Crippen LogP contribution >= 0.6 is 24.0 Å². The van der Waals surface area contributed by atoms with Gasteiger partial charge in [0.15, 0.2) is 5.96 Å². The van der Waals surface area contributed by atoms with Crippen LogP contribution in [0.15, 0.2) is 29.3 Å². The summed E-state index contributed by atoms with van der Waals surface area (Å²) in [5.41, 5.74) is 2.56. The zero-order valence-corrected chi connectivity index (χ0v) is 19.7. The van der Waals surface area contributed by atoms with E-state index in [1.807, 2.05) is 0 Å². The molecule has 1 N–H and O–H groups in total. The zero-order chi connectivity index (χ0) is 19.1. The van der Waals surface area contributed by atoms with Gasteiger partial charge in [0.25, 0.3) is 0 Å². The van der Waals surface area contributed by atoms with E-state index >= 15 is 0 Å². The van der Waals surface area contributed by atoms with Crippen LogP contribution in [-0.4, -0.2) is 74.9 Å². The molecule has 2 aliphatic rings. The highest BCUT2D eigenvalue weighted by atomic mass is 127. The van der Waals surface area contributed by atoms with Crippen molar-refractivity contribution in [3.8, 4) is 0 Å². The highest BCUT2D eigenvalue weighted by Gasteiger charge is 2.32. The maximum absolute atomic E-state index is 5.97. The van der Waals surface area contributed by atoms with E-state index in [0.29, 0.717) is 6.54 Å². The topological polar surface area (TPSA) is 49.3 Å². The molecule has 7 heteroatoms. The lowest BCUT2D eigenvalue weighted by atomic mass is 10.1. The van der Waals surface area contributed by atoms with Crippen LogP contribution < -0.4 is 5.32 Å². The predicted octanol–water partition coefficient (Wildman–Crippen LogP) is 2.71. The number of rotatable bonds is 6. The highest BCUT2D eigenvalue weighted by molar-refractivity contribution is 14.0. The van der Waals surface area contributed by atoms with Crippen LogP contribution in [0, 0.1) is 0 Å². The molecule has 6 nitrogen and oxygen atoms in total. The summed E-state index contributed by atoms with van der Waals surface area (Å²) in [6, 6.07) is 8.75. The number of aliphatic imine (C=N–C) groups is 1. The second-order valence-electron chi connectivity index (χ2n) is 7.63. The molecule has 1 aromatic carbocycles. The first-order valence-corrected chi connectivity index (χ1v) is 10.1. The molecule has 1 aromatic rings. The fraction of sp³-hybridized carbons (Fsp3) is 0.667. The summed E-state index contributed by atoms with van der Waals surface area (Å²) in [5, 5.41) is 3.44. The van der Waals surface area contributed by atoms with E-state index in [4.69, 9.17) is 14.5 Å². The Morgan fingerprint density at radius 3 is 2.50 bits per heavy atom. The molecule has 3 rings (SSSR count). The summed E-state index contributed by atoms with van der Waals surface area (Å²) in [6.07, 6.45) is 2.63. The van der Waals surface area contributed by atoms with Crippen LogP contribution in [0.25, 0.3) is 0 Å². The third-order valence-electron chi connectivity index (χ3n) is 5.04. The van der Waals surface area contributed by atoms with E-state index in [1.165, 1.54) is 11.1 Å². The molecule has 2 fully saturated rings. The first-order valence-electron chi connectivity index (χ1n) is 10.1. The van der Waals surface area contributed by atoms with Gasteiger partial charge >= 0.3 is 0 Å². The molecule has 0 aliphatic carbocycles. The molecule has 0 radical (unpaired) electrons. The molecule has 28 heavy (non-hydrogen) atoms. The number of nitrogens with zero attached hydrogens (tertiary/aromatic N) is 3. The molecular formula is C21H35IN4O2. The van der Waals surface area contributed by atoms with Crippen molar-refractivity contribution in [1.29, 1.82) is 0 Å². The molecule has 0 saturated carbocycles. The summed E-state index contributed by atoms with van der Waals surface area (Å²) in [7, 11) is 4.18. The molecule has 0 bridgehead atoms. The minimum absolute atomic E-state index is 0. The van der Waals surface area contributed by atoms with E-state index in [9.17, 15) is 0 Å². The smallest absolute Gasteiger partial charge is 0.194 e. The third-order valence-corrected chi connectivity index (χ3v) is 5.04. The average Bonchev–Trinajstić information content (AvgIpc) is 3.21. The van der Waals surface area contributed by atoms with E-state index < -0.39 is 0 Å². The number of ether oxygens (including phenoxy) is 2. The Morgan fingerprint density at radius 2 is 1.86 bits per heavy atom. The molecule has 2 aliphatic heterocycles. The van der Waals surface area contributed by atoms with Crippen molar-refractivity contribution in [3.63, 3.8) is 0 Å². The van der Waals surface area contributed by atoms with E-state index in [2.05, 4.69) is 60.4 Å². The molecule has 2 heterocycles. The molecule has 2 saturated heterocycles. The number of nitrogens with one attached hydrogen (secondary N) is 1. The number of halogens is 1. The maximum atomic E-state index is 5.97. The SMILES string of the molecule is CCNC(=NCc1ccc(CN(C)C)cc1)N1CCOC(C2CCCO2)C1.I. The minimum Gasteiger partial charge on any atom is -0.375 e. The molecular weight excluding hydrogens is 467 g/mol. The van der Waals surface area contributed by atoms with Gasteiger partial charge in [-0.2, -0.15) is 0 Å². The Morgan fingerprint density at radius 1 is 1.14 bits per heavy atom. The van der Waals surface area contributed by atoms with Gasteiger partial charge in [0.05, 0.1) is 19.3 Å². The average molecular weight is 502 g/mol. The lowest BCUT2D eigenvalue weighted by molar-refractivity contribution is -0.0817. The van der Waals surface area contributed by atoms with Crippen molar-refractivity contribution in [3.05, 3.63) is 35.4 Å². The summed E-state index contributed by atoms with van der Waals surface area (Å²) < 4.78 is 11.8. The zero-order valence-electron chi connectivity index (χ0n) is 17.4. The van der Waals surface area contributed by atoms with Gasteiger partial charge in [0, 0.05) is 32.8 Å². The van der Waals surface area contributed by atoms with Gasteiger partial charge in [-0.1, -0.05) is 24.3 Å². The Kier molecular flexibility index (Phi) is 9.98. The Hall–Kier alpha value is -0.900. The first kappa shape index (κ1) is 23.4. The van der Waals surface area contributed by atoms with Crippen LogP contribution in [0.5, 0.6) is 0 Å². The second-order valence-corrected chi connectivity index (χ2v) is 7.63. The maximum Gasteiger partial charge on any atom is 0.194 e. The number of benzene rings is 1. The largest absolute Gasteiger partial charge is 0.375 e. The van der Waals surface area contributed by atoms with Gasteiger partial charge in [-0.15, -0.1) is 24.0 Å². The normalized spacial score (nSPS) is 23.0. The van der Waals surface area contributed by atoms with Crippen LogP contribution in [0.3, 0.4) is 0 Å². The van der Waals surface area contributed by atoms with Gasteiger partial charge in [0.1, 0.15) is 6.10 Å². The van der Waals surface area contributed by atoms with Gasteiger partial charge in [-0.25, -0.2) is 4.99 Å². The highest BCUT2D eigenvalue weighted by Crippen LogP contribution is 2.21. The van der Waals surface area contributed by atoms with Crippen LogP contribution in [0.2, 0.25) is 0 Å². The Bertz CT molecular complexity index is 603. The summed E-state index contributed by atoms with van der Waals surface area (Å²) >= 11 is 0. The second kappa shape index (κ2) is 11.9. The number of morpholine rings is 1. The molecule has 0 aromatic heterocycles. The summed E-state index contributed by atoms with van der Waals surface area (Å²) in [4.78, 5) is 9.38. The van der Waals surface area contributed by atoms with Crippen molar-refractivity contribution in [1.82, 2.24) is 15.1 Å². The third kappa shape index (κ3) is 6.86.